The maximum Gasteiger partial charge on any atom is 0.269 e. The summed E-state index contributed by atoms with van der Waals surface area (Å²) in [6.07, 6.45) is 7.71. The van der Waals surface area contributed by atoms with Crippen LogP contribution < -0.4 is 5.32 Å². The number of nitro benzene ring substituents is 1. The van der Waals surface area contributed by atoms with Crippen molar-refractivity contribution in [2.75, 3.05) is 6.54 Å². The molecule has 0 fully saturated rings. The van der Waals surface area contributed by atoms with E-state index in [1.807, 2.05) is 6.07 Å². The van der Waals surface area contributed by atoms with Crippen LogP contribution in [0.5, 0.6) is 0 Å². The van der Waals surface area contributed by atoms with Gasteiger partial charge in [-0.1, -0.05) is 51.2 Å². The number of non-ortho nitro benzene ring substituents is 1. The molecule has 0 saturated carbocycles. The highest BCUT2D eigenvalue weighted by molar-refractivity contribution is 5.34. The number of benzene rings is 1. The third-order valence-electron chi connectivity index (χ3n) is 3.16. The molecular weight excluding hydrogens is 240 g/mol. The Labute approximate surface area is 115 Å². The fourth-order valence-corrected chi connectivity index (χ4v) is 2.04. The Bertz CT molecular complexity index is 380. The molecule has 19 heavy (non-hydrogen) atoms. The van der Waals surface area contributed by atoms with Crippen LogP contribution in [-0.4, -0.2) is 11.5 Å². The molecule has 0 radical (unpaired) electrons. The molecule has 1 aromatic rings. The van der Waals surface area contributed by atoms with Gasteiger partial charge < -0.3 is 5.32 Å². The summed E-state index contributed by atoms with van der Waals surface area (Å²) in [5, 5.41) is 14.0. The van der Waals surface area contributed by atoms with E-state index in [1.165, 1.54) is 44.6 Å². The Balaban J connectivity index is 2.12. The molecule has 0 aliphatic rings. The third-order valence-corrected chi connectivity index (χ3v) is 3.16. The molecule has 0 atom stereocenters. The van der Waals surface area contributed by atoms with Gasteiger partial charge in [-0.2, -0.15) is 0 Å². The Morgan fingerprint density at radius 3 is 2.63 bits per heavy atom. The first kappa shape index (κ1) is 15.6. The summed E-state index contributed by atoms with van der Waals surface area (Å²) in [6.45, 7) is 3.91. The number of nitrogens with one attached hydrogen (secondary N) is 1. The van der Waals surface area contributed by atoms with Gasteiger partial charge in [0.15, 0.2) is 0 Å². The van der Waals surface area contributed by atoms with Gasteiger partial charge in [0.25, 0.3) is 5.69 Å². The minimum Gasteiger partial charge on any atom is -0.313 e. The van der Waals surface area contributed by atoms with E-state index < -0.39 is 0 Å². The Kier molecular flexibility index (Phi) is 7.82. The van der Waals surface area contributed by atoms with E-state index >= 15 is 0 Å². The lowest BCUT2D eigenvalue weighted by Crippen LogP contribution is -2.14. The van der Waals surface area contributed by atoms with Crippen LogP contribution in [0.3, 0.4) is 0 Å². The number of nitro groups is 1. The first-order valence-electron chi connectivity index (χ1n) is 7.18. The molecule has 0 spiro atoms. The summed E-state index contributed by atoms with van der Waals surface area (Å²) < 4.78 is 0. The largest absolute Gasteiger partial charge is 0.313 e. The minimum atomic E-state index is -0.350. The number of hydrogen-bond acceptors (Lipinski definition) is 3. The van der Waals surface area contributed by atoms with Gasteiger partial charge >= 0.3 is 0 Å². The van der Waals surface area contributed by atoms with Gasteiger partial charge in [0.1, 0.15) is 0 Å². The van der Waals surface area contributed by atoms with Crippen LogP contribution in [0.2, 0.25) is 0 Å². The molecule has 1 N–H and O–H groups in total. The van der Waals surface area contributed by atoms with Gasteiger partial charge in [0, 0.05) is 18.7 Å². The van der Waals surface area contributed by atoms with Crippen molar-refractivity contribution in [2.24, 2.45) is 0 Å². The summed E-state index contributed by atoms with van der Waals surface area (Å²) in [7, 11) is 0. The highest BCUT2D eigenvalue weighted by Gasteiger charge is 2.04. The van der Waals surface area contributed by atoms with Gasteiger partial charge in [-0.15, -0.1) is 0 Å². The molecule has 1 rings (SSSR count). The van der Waals surface area contributed by atoms with E-state index in [9.17, 15) is 10.1 Å². The number of unbranched alkanes of at least 4 members (excludes halogenated alkanes) is 5. The standard InChI is InChI=1S/C15H24N2O2/c1-2-3-4-5-6-7-11-16-13-14-9-8-10-15(12-14)17(18)19/h8-10,12,16H,2-7,11,13H2,1H3. The van der Waals surface area contributed by atoms with Crippen LogP contribution in [0.15, 0.2) is 24.3 Å². The Hall–Kier alpha value is -1.42. The minimum absolute atomic E-state index is 0.166. The van der Waals surface area contributed by atoms with Crippen molar-refractivity contribution < 1.29 is 4.92 Å². The lowest BCUT2D eigenvalue weighted by Gasteiger charge is -2.05. The zero-order valence-electron chi connectivity index (χ0n) is 11.7. The smallest absolute Gasteiger partial charge is 0.269 e. The van der Waals surface area contributed by atoms with Crippen LogP contribution in [0, 0.1) is 10.1 Å². The molecule has 0 bridgehead atoms. The van der Waals surface area contributed by atoms with Crippen LogP contribution in [0.1, 0.15) is 51.0 Å². The van der Waals surface area contributed by atoms with Gasteiger partial charge in [0.05, 0.1) is 4.92 Å². The van der Waals surface area contributed by atoms with Gasteiger partial charge in [-0.3, -0.25) is 10.1 Å². The van der Waals surface area contributed by atoms with E-state index in [2.05, 4.69) is 12.2 Å². The van der Waals surface area contributed by atoms with Crippen molar-refractivity contribution in [1.29, 1.82) is 0 Å². The van der Waals surface area contributed by atoms with Gasteiger partial charge in [-0.25, -0.2) is 0 Å². The zero-order valence-corrected chi connectivity index (χ0v) is 11.7. The second kappa shape index (κ2) is 9.50. The fourth-order valence-electron chi connectivity index (χ4n) is 2.04. The van der Waals surface area contributed by atoms with Crippen molar-refractivity contribution in [2.45, 2.75) is 52.0 Å². The first-order chi connectivity index (χ1) is 9.24. The van der Waals surface area contributed by atoms with Crippen molar-refractivity contribution >= 4 is 5.69 Å². The predicted molar refractivity (Wildman–Crippen MR) is 78.2 cm³/mol. The lowest BCUT2D eigenvalue weighted by atomic mass is 10.1. The molecule has 0 saturated heterocycles. The van der Waals surface area contributed by atoms with Crippen molar-refractivity contribution in [3.63, 3.8) is 0 Å². The molecule has 4 heteroatoms. The lowest BCUT2D eigenvalue weighted by molar-refractivity contribution is -0.384. The average molecular weight is 264 g/mol. The number of nitrogens with zero attached hydrogens (tertiary/aromatic N) is 1. The van der Waals surface area contributed by atoms with Crippen molar-refractivity contribution in [3.8, 4) is 0 Å². The molecule has 1 aromatic carbocycles. The fraction of sp³-hybridized carbons (Fsp3) is 0.600. The van der Waals surface area contributed by atoms with E-state index in [0.29, 0.717) is 6.54 Å². The molecule has 0 heterocycles. The summed E-state index contributed by atoms with van der Waals surface area (Å²) in [5.41, 5.74) is 1.14. The normalized spacial score (nSPS) is 10.6. The quantitative estimate of drug-likeness (QED) is 0.394. The SMILES string of the molecule is CCCCCCCCNCc1cccc([N+](=O)[O-])c1. The Morgan fingerprint density at radius 1 is 1.16 bits per heavy atom. The maximum atomic E-state index is 10.6. The van der Waals surface area contributed by atoms with Crippen LogP contribution in [0.4, 0.5) is 5.69 Å². The van der Waals surface area contributed by atoms with Crippen LogP contribution in [0.25, 0.3) is 0 Å². The summed E-state index contributed by atoms with van der Waals surface area (Å²) in [6, 6.07) is 6.81. The highest BCUT2D eigenvalue weighted by atomic mass is 16.6. The van der Waals surface area contributed by atoms with Gasteiger partial charge in [0.2, 0.25) is 0 Å². The first-order valence-corrected chi connectivity index (χ1v) is 7.18. The Morgan fingerprint density at radius 2 is 1.89 bits per heavy atom. The summed E-state index contributed by atoms with van der Waals surface area (Å²) in [4.78, 5) is 10.3. The average Bonchev–Trinajstić information content (AvgIpc) is 2.42. The second-order valence-corrected chi connectivity index (χ2v) is 4.87. The molecule has 4 nitrogen and oxygen atoms in total. The van der Waals surface area contributed by atoms with Crippen LogP contribution in [-0.2, 0) is 6.54 Å². The van der Waals surface area contributed by atoms with Crippen LogP contribution >= 0.6 is 0 Å². The zero-order chi connectivity index (χ0) is 13.9. The monoisotopic (exact) mass is 264 g/mol. The predicted octanol–water partition coefficient (Wildman–Crippen LogP) is 4.04. The molecule has 0 aliphatic carbocycles. The third kappa shape index (κ3) is 6.91. The topological polar surface area (TPSA) is 55.2 Å². The molecular formula is C15H24N2O2. The summed E-state index contributed by atoms with van der Waals surface area (Å²) >= 11 is 0. The summed E-state index contributed by atoms with van der Waals surface area (Å²) in [5.74, 6) is 0. The maximum absolute atomic E-state index is 10.6. The molecule has 0 amide bonds. The molecule has 106 valence electrons. The molecule has 0 aromatic heterocycles. The van der Waals surface area contributed by atoms with E-state index in [1.54, 1.807) is 12.1 Å². The van der Waals surface area contributed by atoms with Crippen molar-refractivity contribution in [1.82, 2.24) is 5.32 Å². The van der Waals surface area contributed by atoms with Gasteiger partial charge in [-0.05, 0) is 18.5 Å². The second-order valence-electron chi connectivity index (χ2n) is 4.87. The molecule has 0 unspecified atom stereocenters. The molecule has 0 aliphatic heterocycles. The number of hydrogen-bond donors (Lipinski definition) is 1. The van der Waals surface area contributed by atoms with E-state index in [4.69, 9.17) is 0 Å². The van der Waals surface area contributed by atoms with E-state index in [0.717, 1.165) is 12.1 Å². The number of rotatable bonds is 10. The highest BCUT2D eigenvalue weighted by Crippen LogP contribution is 2.12. The van der Waals surface area contributed by atoms with E-state index in [-0.39, 0.29) is 10.6 Å². The van der Waals surface area contributed by atoms with Crippen molar-refractivity contribution in [3.05, 3.63) is 39.9 Å².